The van der Waals surface area contributed by atoms with E-state index in [4.69, 9.17) is 14.2 Å². The van der Waals surface area contributed by atoms with Crippen LogP contribution in [0.3, 0.4) is 0 Å². The molecule has 0 rings (SSSR count). The van der Waals surface area contributed by atoms with Crippen LogP contribution in [0.25, 0.3) is 0 Å². The summed E-state index contributed by atoms with van der Waals surface area (Å²) in [6.45, 7) is 11.4. The monoisotopic (exact) mass is 891 g/mol. The molecule has 0 bridgehead atoms. The third kappa shape index (κ3) is 48.2. The summed E-state index contributed by atoms with van der Waals surface area (Å²) < 4.78 is 16.9. The number of ether oxygens (including phenoxy) is 3. The maximum Gasteiger partial charge on any atom is 0.306 e. The Kier molecular flexibility index (Phi) is 48.6. The molecular formula is C57H110O6. The van der Waals surface area contributed by atoms with Crippen molar-refractivity contribution in [3.63, 3.8) is 0 Å². The number of unbranched alkanes of at least 4 members (excludes halogenated alkanes) is 34. The van der Waals surface area contributed by atoms with E-state index in [0.717, 1.165) is 69.6 Å². The molecule has 3 atom stereocenters. The summed E-state index contributed by atoms with van der Waals surface area (Å²) >= 11 is 0. The van der Waals surface area contributed by atoms with Crippen LogP contribution in [-0.4, -0.2) is 37.2 Å². The van der Waals surface area contributed by atoms with E-state index in [0.29, 0.717) is 19.3 Å². The molecule has 374 valence electrons. The lowest BCUT2D eigenvalue weighted by Crippen LogP contribution is -2.30. The van der Waals surface area contributed by atoms with Crippen LogP contribution >= 0.6 is 0 Å². The van der Waals surface area contributed by atoms with Gasteiger partial charge in [0.2, 0.25) is 0 Å². The molecule has 6 heteroatoms. The Hall–Kier alpha value is -1.59. The summed E-state index contributed by atoms with van der Waals surface area (Å²) in [5.74, 6) is 0.897. The highest BCUT2D eigenvalue weighted by molar-refractivity contribution is 5.71. The van der Waals surface area contributed by atoms with Crippen molar-refractivity contribution < 1.29 is 28.6 Å². The second kappa shape index (κ2) is 49.8. The van der Waals surface area contributed by atoms with Crippen molar-refractivity contribution in [3.8, 4) is 0 Å². The first-order valence-corrected chi connectivity index (χ1v) is 28.3. The lowest BCUT2D eigenvalue weighted by Gasteiger charge is -2.18. The molecule has 0 aromatic rings. The standard InChI is InChI=1S/C57H110O6/c1-6-9-10-11-12-13-14-15-16-20-23-26-32-37-42-47-55(58)61-50-54(63-57(60)49-44-39-34-29-28-31-36-41-46-53(5)8-3)51-62-56(59)48-43-38-33-27-24-21-18-17-19-22-25-30-35-40-45-52(4)7-2/h52-54H,6-51H2,1-5H3/t52?,53?,54-/m1/s1. The zero-order valence-electron chi connectivity index (χ0n) is 43.2. The molecule has 0 amide bonds. The first-order chi connectivity index (χ1) is 30.8. The highest BCUT2D eigenvalue weighted by atomic mass is 16.6. The molecule has 0 fully saturated rings. The van der Waals surface area contributed by atoms with Gasteiger partial charge in [0.25, 0.3) is 0 Å². The summed E-state index contributed by atoms with van der Waals surface area (Å²) in [5.41, 5.74) is 0. The van der Waals surface area contributed by atoms with Gasteiger partial charge in [-0.25, -0.2) is 0 Å². The highest BCUT2D eigenvalue weighted by Gasteiger charge is 2.19. The van der Waals surface area contributed by atoms with E-state index < -0.39 is 6.10 Å². The molecular weight excluding hydrogens is 781 g/mol. The first-order valence-electron chi connectivity index (χ1n) is 28.3. The van der Waals surface area contributed by atoms with Gasteiger partial charge < -0.3 is 14.2 Å². The van der Waals surface area contributed by atoms with Gasteiger partial charge >= 0.3 is 17.9 Å². The Morgan fingerprint density at radius 2 is 0.556 bits per heavy atom. The van der Waals surface area contributed by atoms with Crippen molar-refractivity contribution in [3.05, 3.63) is 0 Å². The normalized spacial score (nSPS) is 12.9. The average molecular weight is 892 g/mol. The second-order valence-electron chi connectivity index (χ2n) is 20.1. The van der Waals surface area contributed by atoms with Crippen LogP contribution in [0, 0.1) is 11.8 Å². The number of rotatable bonds is 51. The van der Waals surface area contributed by atoms with Gasteiger partial charge in [0.1, 0.15) is 13.2 Å². The lowest BCUT2D eigenvalue weighted by atomic mass is 9.99. The summed E-state index contributed by atoms with van der Waals surface area (Å²) in [6, 6.07) is 0. The molecule has 0 aliphatic rings. The van der Waals surface area contributed by atoms with Gasteiger partial charge in [-0.3, -0.25) is 14.4 Å². The van der Waals surface area contributed by atoms with Gasteiger partial charge in [-0.05, 0) is 31.1 Å². The Morgan fingerprint density at radius 3 is 0.825 bits per heavy atom. The maximum absolute atomic E-state index is 12.8. The minimum absolute atomic E-state index is 0.0633. The Labute approximate surface area is 393 Å². The molecule has 0 N–H and O–H groups in total. The van der Waals surface area contributed by atoms with Crippen molar-refractivity contribution >= 4 is 17.9 Å². The summed E-state index contributed by atoms with van der Waals surface area (Å²) in [7, 11) is 0. The van der Waals surface area contributed by atoms with Crippen molar-refractivity contribution in [2.75, 3.05) is 13.2 Å². The van der Waals surface area contributed by atoms with E-state index in [2.05, 4.69) is 34.6 Å². The lowest BCUT2D eigenvalue weighted by molar-refractivity contribution is -0.167. The van der Waals surface area contributed by atoms with E-state index in [1.807, 2.05) is 0 Å². The molecule has 0 radical (unpaired) electrons. The van der Waals surface area contributed by atoms with Crippen LogP contribution < -0.4 is 0 Å². The number of hydrogen-bond acceptors (Lipinski definition) is 6. The predicted molar refractivity (Wildman–Crippen MR) is 270 cm³/mol. The topological polar surface area (TPSA) is 78.9 Å². The molecule has 0 saturated heterocycles. The SMILES string of the molecule is CCCCCCCCCCCCCCCCCC(=O)OC[C@H](COC(=O)CCCCCCCCCCCCCCCCC(C)CC)OC(=O)CCCCCCCCCCC(C)CC. The Morgan fingerprint density at radius 1 is 0.317 bits per heavy atom. The molecule has 0 aromatic heterocycles. The molecule has 0 heterocycles. The Bertz CT molecular complexity index is 966. The van der Waals surface area contributed by atoms with Crippen molar-refractivity contribution in [2.45, 2.75) is 323 Å². The number of esters is 3. The molecule has 0 aliphatic heterocycles. The fraction of sp³-hybridized carbons (Fsp3) is 0.947. The number of carbonyl (C=O) groups excluding carboxylic acids is 3. The molecule has 6 nitrogen and oxygen atoms in total. The summed E-state index contributed by atoms with van der Waals surface area (Å²) in [6.07, 6.45) is 52.2. The average Bonchev–Trinajstić information content (AvgIpc) is 3.28. The Balaban J connectivity index is 4.28. The third-order valence-corrected chi connectivity index (χ3v) is 13.7. The fourth-order valence-electron chi connectivity index (χ4n) is 8.63. The van der Waals surface area contributed by atoms with Crippen molar-refractivity contribution in [1.82, 2.24) is 0 Å². The van der Waals surface area contributed by atoms with Gasteiger partial charge in [-0.15, -0.1) is 0 Å². The molecule has 0 aromatic carbocycles. The zero-order chi connectivity index (χ0) is 46.1. The number of carbonyl (C=O) groups is 3. The van der Waals surface area contributed by atoms with E-state index in [9.17, 15) is 14.4 Å². The van der Waals surface area contributed by atoms with E-state index in [-0.39, 0.29) is 31.1 Å². The zero-order valence-corrected chi connectivity index (χ0v) is 43.2. The molecule has 0 aliphatic carbocycles. The van der Waals surface area contributed by atoms with Crippen molar-refractivity contribution in [1.29, 1.82) is 0 Å². The van der Waals surface area contributed by atoms with Gasteiger partial charge in [-0.2, -0.15) is 0 Å². The van der Waals surface area contributed by atoms with E-state index >= 15 is 0 Å². The van der Waals surface area contributed by atoms with Crippen molar-refractivity contribution in [2.24, 2.45) is 11.8 Å². The molecule has 0 spiro atoms. The molecule has 63 heavy (non-hydrogen) atoms. The van der Waals surface area contributed by atoms with Crippen LogP contribution in [0.4, 0.5) is 0 Å². The van der Waals surface area contributed by atoms with Crippen LogP contribution in [0.2, 0.25) is 0 Å². The smallest absolute Gasteiger partial charge is 0.306 e. The summed E-state index contributed by atoms with van der Waals surface area (Å²) in [4.78, 5) is 38.1. The fourth-order valence-corrected chi connectivity index (χ4v) is 8.63. The van der Waals surface area contributed by atoms with Gasteiger partial charge in [0.15, 0.2) is 6.10 Å². The van der Waals surface area contributed by atoms with Crippen LogP contribution in [-0.2, 0) is 28.6 Å². The van der Waals surface area contributed by atoms with Crippen LogP contribution in [0.1, 0.15) is 317 Å². The predicted octanol–water partition coefficient (Wildman–Crippen LogP) is 18.5. The van der Waals surface area contributed by atoms with Gasteiger partial charge in [0.05, 0.1) is 0 Å². The first kappa shape index (κ1) is 61.4. The minimum atomic E-state index is -0.763. The molecule has 2 unspecified atom stereocenters. The highest BCUT2D eigenvalue weighted by Crippen LogP contribution is 2.19. The quantitative estimate of drug-likeness (QED) is 0.0344. The largest absolute Gasteiger partial charge is 0.462 e. The third-order valence-electron chi connectivity index (χ3n) is 13.7. The second-order valence-corrected chi connectivity index (χ2v) is 20.1. The summed E-state index contributed by atoms with van der Waals surface area (Å²) in [5, 5.41) is 0. The van der Waals surface area contributed by atoms with Gasteiger partial charge in [0, 0.05) is 19.3 Å². The van der Waals surface area contributed by atoms with Crippen LogP contribution in [0.5, 0.6) is 0 Å². The van der Waals surface area contributed by atoms with Gasteiger partial charge in [-0.1, -0.05) is 279 Å². The minimum Gasteiger partial charge on any atom is -0.462 e. The molecule has 0 saturated carbocycles. The van der Waals surface area contributed by atoms with Crippen LogP contribution in [0.15, 0.2) is 0 Å². The maximum atomic E-state index is 12.8. The van der Waals surface area contributed by atoms with E-state index in [1.165, 1.54) is 205 Å². The number of hydrogen-bond donors (Lipinski definition) is 0. The van der Waals surface area contributed by atoms with E-state index in [1.54, 1.807) is 0 Å².